The van der Waals surface area contributed by atoms with Gasteiger partial charge in [-0.25, -0.2) is 15.0 Å². The maximum Gasteiger partial charge on any atom is 0.338 e. The second kappa shape index (κ2) is 13.5. The summed E-state index contributed by atoms with van der Waals surface area (Å²) in [5.74, 6) is 1.76. The van der Waals surface area contributed by atoms with Gasteiger partial charge in [-0.1, -0.05) is 24.3 Å². The van der Waals surface area contributed by atoms with Gasteiger partial charge in [0.15, 0.2) is 0 Å². The van der Waals surface area contributed by atoms with Gasteiger partial charge >= 0.3 is 11.9 Å². The van der Waals surface area contributed by atoms with E-state index in [1.54, 1.807) is 88.4 Å². The number of nitrogens with zero attached hydrogens (tertiary/aromatic N) is 5. The van der Waals surface area contributed by atoms with Crippen LogP contribution in [0.4, 0.5) is 5.95 Å². The SMILES string of the molecule is CC(C)OC(=O)c1ccc(-c2ccc(C=NNc3nncn3N=Cc3ccc(-c4ccc(C(=O)OC(C)C)cc4)o3)o2)cc1. The molecule has 0 bridgehead atoms. The first-order valence-corrected chi connectivity index (χ1v) is 13.8. The maximum atomic E-state index is 12.1. The van der Waals surface area contributed by atoms with E-state index in [0.717, 1.165) is 11.1 Å². The number of hydrogen-bond acceptors (Lipinski definition) is 11. The van der Waals surface area contributed by atoms with Crippen molar-refractivity contribution in [3.05, 3.63) is 102 Å². The topological polar surface area (TPSA) is 146 Å². The number of carbonyl (C=O) groups is 2. The zero-order chi connectivity index (χ0) is 31.1. The number of furan rings is 2. The Morgan fingerprint density at radius 2 is 1.25 bits per heavy atom. The first-order chi connectivity index (χ1) is 21.2. The highest BCUT2D eigenvalue weighted by Crippen LogP contribution is 2.24. The van der Waals surface area contributed by atoms with Crippen LogP contribution in [0.5, 0.6) is 0 Å². The Morgan fingerprint density at radius 3 is 1.75 bits per heavy atom. The Hall–Kier alpha value is -5.78. The van der Waals surface area contributed by atoms with Crippen molar-refractivity contribution < 1.29 is 27.9 Å². The molecule has 0 aliphatic heterocycles. The molecule has 0 unspecified atom stereocenters. The van der Waals surface area contributed by atoms with Gasteiger partial charge in [0.05, 0.1) is 35.8 Å². The lowest BCUT2D eigenvalue weighted by Gasteiger charge is -2.07. The molecule has 0 fully saturated rings. The summed E-state index contributed by atoms with van der Waals surface area (Å²) in [4.78, 5) is 24.1. The molecule has 44 heavy (non-hydrogen) atoms. The minimum absolute atomic E-state index is 0.187. The third-order valence-corrected chi connectivity index (χ3v) is 5.95. The van der Waals surface area contributed by atoms with Crippen LogP contribution >= 0.6 is 0 Å². The largest absolute Gasteiger partial charge is 0.459 e. The van der Waals surface area contributed by atoms with Gasteiger partial charge in [-0.05, 0) is 76.2 Å². The van der Waals surface area contributed by atoms with Gasteiger partial charge in [0.25, 0.3) is 5.95 Å². The lowest BCUT2D eigenvalue weighted by atomic mass is 10.1. The molecule has 5 rings (SSSR count). The molecule has 2 aromatic carbocycles. The van der Waals surface area contributed by atoms with Gasteiger partial charge in [0, 0.05) is 11.1 Å². The number of hydrogen-bond donors (Lipinski definition) is 1. The average molecular weight is 595 g/mol. The first-order valence-electron chi connectivity index (χ1n) is 13.8. The normalized spacial score (nSPS) is 11.6. The Balaban J connectivity index is 1.17. The Labute approximate surface area is 253 Å². The fourth-order valence-corrected chi connectivity index (χ4v) is 3.92. The fourth-order valence-electron chi connectivity index (χ4n) is 3.92. The monoisotopic (exact) mass is 594 g/mol. The van der Waals surface area contributed by atoms with E-state index >= 15 is 0 Å². The summed E-state index contributed by atoms with van der Waals surface area (Å²) in [5, 5.41) is 16.4. The number of hydrazone groups is 1. The van der Waals surface area contributed by atoms with Gasteiger partial charge < -0.3 is 18.3 Å². The number of anilines is 1. The van der Waals surface area contributed by atoms with Crippen LogP contribution in [0.2, 0.25) is 0 Å². The van der Waals surface area contributed by atoms with E-state index in [1.807, 2.05) is 12.1 Å². The molecule has 0 amide bonds. The van der Waals surface area contributed by atoms with Crippen LogP contribution in [0.15, 0.2) is 98.2 Å². The van der Waals surface area contributed by atoms with Crippen LogP contribution in [0.25, 0.3) is 22.6 Å². The summed E-state index contributed by atoms with van der Waals surface area (Å²) in [6.07, 6.45) is 4.05. The number of ether oxygens (including phenoxy) is 2. The number of nitrogens with one attached hydrogen (secondary N) is 1. The molecule has 0 atom stereocenters. The molecule has 3 aromatic heterocycles. The number of rotatable bonds is 11. The van der Waals surface area contributed by atoms with Crippen LogP contribution in [-0.2, 0) is 9.47 Å². The summed E-state index contributed by atoms with van der Waals surface area (Å²) in [7, 11) is 0. The van der Waals surface area contributed by atoms with E-state index in [9.17, 15) is 9.59 Å². The summed E-state index contributed by atoms with van der Waals surface area (Å²) in [6.45, 7) is 7.22. The lowest BCUT2D eigenvalue weighted by Crippen LogP contribution is -2.11. The highest BCUT2D eigenvalue weighted by molar-refractivity contribution is 5.90. The number of carbonyl (C=O) groups excluding carboxylic acids is 2. The fraction of sp³-hybridized carbons (Fsp3) is 0.188. The predicted octanol–water partition coefficient (Wildman–Crippen LogP) is 6.26. The molecular weight excluding hydrogens is 564 g/mol. The third-order valence-electron chi connectivity index (χ3n) is 5.95. The van der Waals surface area contributed by atoms with Crippen molar-refractivity contribution in [1.82, 2.24) is 14.9 Å². The Morgan fingerprint density at radius 1 is 0.750 bits per heavy atom. The van der Waals surface area contributed by atoms with Crippen molar-refractivity contribution >= 4 is 30.3 Å². The molecular formula is C32H30N6O6. The van der Waals surface area contributed by atoms with Crippen molar-refractivity contribution in [2.75, 3.05) is 5.43 Å². The van der Waals surface area contributed by atoms with Crippen molar-refractivity contribution in [2.24, 2.45) is 10.2 Å². The molecule has 0 spiro atoms. The average Bonchev–Trinajstić information content (AvgIpc) is 3.77. The van der Waals surface area contributed by atoms with Crippen molar-refractivity contribution in [3.63, 3.8) is 0 Å². The molecule has 3 heterocycles. The van der Waals surface area contributed by atoms with Crippen LogP contribution in [-0.4, -0.2) is 51.4 Å². The molecule has 0 aliphatic rings. The van der Waals surface area contributed by atoms with Crippen LogP contribution in [0, 0.1) is 0 Å². The van der Waals surface area contributed by atoms with Gasteiger partial charge in [0.2, 0.25) is 0 Å². The summed E-state index contributed by atoms with van der Waals surface area (Å²) in [5.41, 5.74) is 5.33. The van der Waals surface area contributed by atoms with E-state index in [0.29, 0.717) is 34.2 Å². The number of aromatic nitrogens is 3. The second-order valence-electron chi connectivity index (χ2n) is 10.1. The number of esters is 2. The predicted molar refractivity (Wildman–Crippen MR) is 164 cm³/mol. The smallest absolute Gasteiger partial charge is 0.338 e. The molecule has 12 nitrogen and oxygen atoms in total. The summed E-state index contributed by atoms with van der Waals surface area (Å²) < 4.78 is 23.6. The van der Waals surface area contributed by atoms with Gasteiger partial charge in [-0.3, -0.25) is 0 Å². The Kier molecular flexibility index (Phi) is 9.09. The van der Waals surface area contributed by atoms with Crippen LogP contribution in [0.1, 0.15) is 59.9 Å². The molecule has 0 saturated carbocycles. The van der Waals surface area contributed by atoms with E-state index in [2.05, 4.69) is 25.8 Å². The molecule has 5 aromatic rings. The van der Waals surface area contributed by atoms with Crippen LogP contribution in [0.3, 0.4) is 0 Å². The third kappa shape index (κ3) is 7.53. The van der Waals surface area contributed by atoms with E-state index in [-0.39, 0.29) is 30.1 Å². The van der Waals surface area contributed by atoms with E-state index < -0.39 is 0 Å². The minimum atomic E-state index is -0.371. The van der Waals surface area contributed by atoms with Gasteiger partial charge in [0.1, 0.15) is 29.4 Å². The van der Waals surface area contributed by atoms with E-state index in [4.69, 9.17) is 18.3 Å². The number of benzene rings is 2. The minimum Gasteiger partial charge on any atom is -0.459 e. The zero-order valence-electron chi connectivity index (χ0n) is 24.5. The maximum absolute atomic E-state index is 12.1. The molecule has 12 heteroatoms. The second-order valence-corrected chi connectivity index (χ2v) is 10.1. The highest BCUT2D eigenvalue weighted by atomic mass is 16.5. The summed E-state index contributed by atoms with van der Waals surface area (Å²) in [6, 6.07) is 21.1. The van der Waals surface area contributed by atoms with E-state index in [1.165, 1.54) is 23.4 Å². The zero-order valence-corrected chi connectivity index (χ0v) is 24.5. The summed E-state index contributed by atoms with van der Waals surface area (Å²) >= 11 is 0. The molecule has 224 valence electrons. The van der Waals surface area contributed by atoms with Crippen molar-refractivity contribution in [3.8, 4) is 22.6 Å². The molecule has 1 N–H and O–H groups in total. The molecule has 0 radical (unpaired) electrons. The van der Waals surface area contributed by atoms with Gasteiger partial charge in [-0.2, -0.15) is 14.9 Å². The standard InChI is InChI=1S/C32H30N6O6/c1-20(2)41-30(39)24-9-5-22(6-10-24)28-15-13-26(43-28)17-33-36-32-37-34-19-38(32)35-18-27-14-16-29(44-27)23-7-11-25(12-8-23)31(40)42-21(3)4/h5-21H,1-4H3,(H,36,37). The van der Waals surface area contributed by atoms with Gasteiger partial charge in [-0.15, -0.1) is 10.2 Å². The molecule has 0 saturated heterocycles. The quantitative estimate of drug-likeness (QED) is 0.106. The van der Waals surface area contributed by atoms with Crippen molar-refractivity contribution in [1.29, 1.82) is 0 Å². The lowest BCUT2D eigenvalue weighted by molar-refractivity contribution is 0.0367. The molecule has 0 aliphatic carbocycles. The van der Waals surface area contributed by atoms with Crippen LogP contribution < -0.4 is 5.43 Å². The van der Waals surface area contributed by atoms with Crippen molar-refractivity contribution in [2.45, 2.75) is 39.9 Å². The first kappa shape index (κ1) is 29.7. The Bertz CT molecular complexity index is 1780. The highest BCUT2D eigenvalue weighted by Gasteiger charge is 2.12.